The maximum atomic E-state index is 12.6. The van der Waals surface area contributed by atoms with E-state index in [1.54, 1.807) is 72.8 Å². The molecule has 146 valence electrons. The molecule has 0 atom stereocenters. The van der Waals surface area contributed by atoms with Crippen LogP contribution in [0.4, 0.5) is 0 Å². The SMILES string of the molecule is COc1ccc(C(=O)Oc2ccccc2/C=C/C(=O)c2ccccc2)cc1OC. The third-order valence-corrected chi connectivity index (χ3v) is 4.21. The molecule has 29 heavy (non-hydrogen) atoms. The number of esters is 1. The summed E-state index contributed by atoms with van der Waals surface area (Å²) in [6, 6.07) is 20.7. The average molecular weight is 388 g/mol. The molecule has 0 aliphatic heterocycles. The quantitative estimate of drug-likeness (QED) is 0.251. The van der Waals surface area contributed by atoms with Gasteiger partial charge in [-0.15, -0.1) is 0 Å². The van der Waals surface area contributed by atoms with E-state index < -0.39 is 5.97 Å². The van der Waals surface area contributed by atoms with Crippen molar-refractivity contribution in [2.45, 2.75) is 0 Å². The van der Waals surface area contributed by atoms with Gasteiger partial charge in [-0.3, -0.25) is 4.79 Å². The Morgan fingerprint density at radius 3 is 2.14 bits per heavy atom. The second-order valence-electron chi connectivity index (χ2n) is 6.06. The smallest absolute Gasteiger partial charge is 0.343 e. The van der Waals surface area contributed by atoms with Crippen molar-refractivity contribution in [3.05, 3.63) is 95.6 Å². The van der Waals surface area contributed by atoms with Crippen LogP contribution in [0.1, 0.15) is 26.3 Å². The van der Waals surface area contributed by atoms with E-state index in [-0.39, 0.29) is 5.78 Å². The van der Waals surface area contributed by atoms with Crippen molar-refractivity contribution >= 4 is 17.8 Å². The Labute approximate surface area is 169 Å². The third kappa shape index (κ3) is 4.90. The van der Waals surface area contributed by atoms with Gasteiger partial charge < -0.3 is 14.2 Å². The van der Waals surface area contributed by atoms with Crippen LogP contribution < -0.4 is 14.2 Å². The molecule has 0 aliphatic carbocycles. The van der Waals surface area contributed by atoms with Gasteiger partial charge in [0.2, 0.25) is 0 Å². The number of hydrogen-bond donors (Lipinski definition) is 0. The van der Waals surface area contributed by atoms with Gasteiger partial charge in [-0.25, -0.2) is 4.79 Å². The zero-order valence-corrected chi connectivity index (χ0v) is 16.1. The Bertz CT molecular complexity index is 1040. The highest BCUT2D eigenvalue weighted by Crippen LogP contribution is 2.28. The van der Waals surface area contributed by atoms with Gasteiger partial charge in [0, 0.05) is 11.1 Å². The minimum Gasteiger partial charge on any atom is -0.493 e. The largest absolute Gasteiger partial charge is 0.493 e. The molecule has 3 aromatic rings. The molecule has 3 rings (SSSR count). The van der Waals surface area contributed by atoms with Crippen LogP contribution in [-0.2, 0) is 0 Å². The summed E-state index contributed by atoms with van der Waals surface area (Å²) in [7, 11) is 3.02. The van der Waals surface area contributed by atoms with Crippen LogP contribution in [0.25, 0.3) is 6.08 Å². The number of carbonyl (C=O) groups is 2. The number of para-hydroxylation sites is 1. The van der Waals surface area contributed by atoms with Gasteiger partial charge in [-0.2, -0.15) is 0 Å². The lowest BCUT2D eigenvalue weighted by Gasteiger charge is -2.10. The Morgan fingerprint density at radius 1 is 0.724 bits per heavy atom. The number of allylic oxidation sites excluding steroid dienone is 1. The first kappa shape index (κ1) is 19.9. The Hall–Kier alpha value is -3.86. The van der Waals surface area contributed by atoms with Crippen molar-refractivity contribution < 1.29 is 23.8 Å². The van der Waals surface area contributed by atoms with Crippen molar-refractivity contribution in [2.75, 3.05) is 14.2 Å². The Kier molecular flexibility index (Phi) is 6.43. The first-order valence-corrected chi connectivity index (χ1v) is 8.93. The zero-order valence-electron chi connectivity index (χ0n) is 16.1. The van der Waals surface area contributed by atoms with Gasteiger partial charge in [0.05, 0.1) is 19.8 Å². The van der Waals surface area contributed by atoms with Gasteiger partial charge in [0.1, 0.15) is 5.75 Å². The monoisotopic (exact) mass is 388 g/mol. The molecule has 0 saturated heterocycles. The lowest BCUT2D eigenvalue weighted by Crippen LogP contribution is -2.09. The summed E-state index contributed by atoms with van der Waals surface area (Å²) in [5.41, 5.74) is 1.52. The molecule has 0 heterocycles. The van der Waals surface area contributed by atoms with Crippen molar-refractivity contribution in [3.8, 4) is 17.2 Å². The predicted molar refractivity (Wildman–Crippen MR) is 111 cm³/mol. The van der Waals surface area contributed by atoms with Crippen LogP contribution in [0.5, 0.6) is 17.2 Å². The van der Waals surface area contributed by atoms with Crippen molar-refractivity contribution in [2.24, 2.45) is 0 Å². The van der Waals surface area contributed by atoms with Crippen LogP contribution in [0.2, 0.25) is 0 Å². The first-order chi connectivity index (χ1) is 14.1. The fourth-order valence-corrected chi connectivity index (χ4v) is 2.70. The molecule has 0 N–H and O–H groups in total. The Balaban J connectivity index is 1.79. The van der Waals surface area contributed by atoms with Crippen LogP contribution in [0.15, 0.2) is 78.9 Å². The summed E-state index contributed by atoms with van der Waals surface area (Å²) in [6.45, 7) is 0. The van der Waals surface area contributed by atoms with Gasteiger partial charge in [0.25, 0.3) is 0 Å². The summed E-state index contributed by atoms with van der Waals surface area (Å²) < 4.78 is 16.0. The maximum absolute atomic E-state index is 12.6. The van der Waals surface area contributed by atoms with Crippen molar-refractivity contribution in [1.29, 1.82) is 0 Å². The lowest BCUT2D eigenvalue weighted by atomic mass is 10.1. The fourth-order valence-electron chi connectivity index (χ4n) is 2.70. The normalized spacial score (nSPS) is 10.6. The fraction of sp³-hybridized carbons (Fsp3) is 0.0833. The number of carbonyl (C=O) groups excluding carboxylic acids is 2. The summed E-state index contributed by atoms with van der Waals surface area (Å²) in [5.74, 6) is 0.632. The number of rotatable bonds is 7. The van der Waals surface area contributed by atoms with E-state index in [1.807, 2.05) is 6.07 Å². The molecule has 5 nitrogen and oxygen atoms in total. The number of ether oxygens (including phenoxy) is 3. The minimum atomic E-state index is -0.541. The molecule has 3 aromatic carbocycles. The Morgan fingerprint density at radius 2 is 1.41 bits per heavy atom. The molecule has 0 aromatic heterocycles. The van der Waals surface area contributed by atoms with E-state index in [0.29, 0.717) is 33.9 Å². The van der Waals surface area contributed by atoms with E-state index in [4.69, 9.17) is 14.2 Å². The molecule has 0 unspecified atom stereocenters. The summed E-state index contributed by atoms with van der Waals surface area (Å²) in [6.07, 6.45) is 3.09. The van der Waals surface area contributed by atoms with Gasteiger partial charge in [-0.1, -0.05) is 48.5 Å². The number of ketones is 1. The maximum Gasteiger partial charge on any atom is 0.343 e. The van der Waals surface area contributed by atoms with E-state index in [9.17, 15) is 9.59 Å². The lowest BCUT2D eigenvalue weighted by molar-refractivity contribution is 0.0733. The van der Waals surface area contributed by atoms with Crippen molar-refractivity contribution in [3.63, 3.8) is 0 Å². The second kappa shape index (κ2) is 9.37. The highest BCUT2D eigenvalue weighted by atomic mass is 16.5. The number of methoxy groups -OCH3 is 2. The molecule has 0 spiro atoms. The molecule has 0 bridgehead atoms. The third-order valence-electron chi connectivity index (χ3n) is 4.21. The van der Waals surface area contributed by atoms with E-state index in [0.717, 1.165) is 0 Å². The standard InChI is InChI=1S/C24H20O5/c1-27-22-15-13-19(16-23(22)28-2)24(26)29-21-11-7-6-10-18(21)12-14-20(25)17-8-4-3-5-9-17/h3-16H,1-2H3/b14-12+. The predicted octanol–water partition coefficient (Wildman–Crippen LogP) is 4.82. The highest BCUT2D eigenvalue weighted by Gasteiger charge is 2.14. The van der Waals surface area contributed by atoms with Crippen molar-refractivity contribution in [1.82, 2.24) is 0 Å². The average Bonchev–Trinajstić information content (AvgIpc) is 2.78. The van der Waals surface area contributed by atoms with Gasteiger partial charge >= 0.3 is 5.97 Å². The molecule has 0 aliphatic rings. The van der Waals surface area contributed by atoms with Crippen LogP contribution in [0, 0.1) is 0 Å². The molecule has 0 saturated carbocycles. The van der Waals surface area contributed by atoms with Crippen LogP contribution in [-0.4, -0.2) is 26.0 Å². The molecule has 0 radical (unpaired) electrons. The van der Waals surface area contributed by atoms with Gasteiger partial charge in [-0.05, 0) is 36.4 Å². The van der Waals surface area contributed by atoms with E-state index >= 15 is 0 Å². The topological polar surface area (TPSA) is 61.8 Å². The van der Waals surface area contributed by atoms with E-state index in [2.05, 4.69) is 0 Å². The zero-order chi connectivity index (χ0) is 20.6. The summed E-state index contributed by atoms with van der Waals surface area (Å²) in [5, 5.41) is 0. The van der Waals surface area contributed by atoms with Crippen LogP contribution >= 0.6 is 0 Å². The summed E-state index contributed by atoms with van der Waals surface area (Å²) in [4.78, 5) is 24.9. The molecule has 0 amide bonds. The number of hydrogen-bond acceptors (Lipinski definition) is 5. The first-order valence-electron chi connectivity index (χ1n) is 8.93. The van der Waals surface area contributed by atoms with Gasteiger partial charge in [0.15, 0.2) is 17.3 Å². The van der Waals surface area contributed by atoms with E-state index in [1.165, 1.54) is 20.3 Å². The minimum absolute atomic E-state index is 0.133. The number of benzene rings is 3. The summed E-state index contributed by atoms with van der Waals surface area (Å²) >= 11 is 0. The van der Waals surface area contributed by atoms with Crippen LogP contribution in [0.3, 0.4) is 0 Å². The molecular formula is C24H20O5. The molecule has 5 heteroatoms. The molecular weight excluding hydrogens is 368 g/mol. The highest BCUT2D eigenvalue weighted by molar-refractivity contribution is 6.07. The second-order valence-corrected chi connectivity index (χ2v) is 6.06. The molecule has 0 fully saturated rings.